The highest BCUT2D eigenvalue weighted by Crippen LogP contribution is 2.34. The Balaban J connectivity index is 1.73. The van der Waals surface area contributed by atoms with E-state index >= 15 is 0 Å². The number of hydrogen-bond donors (Lipinski definition) is 0. The number of methoxy groups -OCH3 is 1. The van der Waals surface area contributed by atoms with Crippen molar-refractivity contribution in [2.24, 2.45) is 0 Å². The standard InChI is InChI=1S/C20H16F2N2O2/c1-26-17-4-2-16(3-5-17)24-19-8-13(9-20(25)18(19)11-23-24)12-6-14(21)10-15(22)7-12/h2-7,10-11,13H,8-9H2,1H3. The van der Waals surface area contributed by atoms with Crippen LogP contribution in [0.3, 0.4) is 0 Å². The molecule has 1 unspecified atom stereocenters. The third-order valence-electron chi connectivity index (χ3n) is 4.71. The number of benzene rings is 2. The zero-order valence-corrected chi connectivity index (χ0v) is 14.1. The Morgan fingerprint density at radius 3 is 2.42 bits per heavy atom. The van der Waals surface area contributed by atoms with Gasteiger partial charge in [0.15, 0.2) is 5.78 Å². The molecule has 4 rings (SSSR count). The molecule has 0 radical (unpaired) electrons. The van der Waals surface area contributed by atoms with Gasteiger partial charge in [0.1, 0.15) is 17.4 Å². The number of Topliss-reactive ketones (excluding diaryl/α,β-unsaturated/α-hetero) is 1. The van der Waals surface area contributed by atoms with E-state index in [4.69, 9.17) is 4.74 Å². The molecule has 0 spiro atoms. The topological polar surface area (TPSA) is 44.1 Å². The number of aromatic nitrogens is 2. The van der Waals surface area contributed by atoms with Crippen LogP contribution in [0.2, 0.25) is 0 Å². The van der Waals surface area contributed by atoms with Gasteiger partial charge in [-0.15, -0.1) is 0 Å². The number of nitrogens with zero attached hydrogens (tertiary/aromatic N) is 2. The van der Waals surface area contributed by atoms with Gasteiger partial charge in [-0.3, -0.25) is 4.79 Å². The van der Waals surface area contributed by atoms with Crippen molar-refractivity contribution >= 4 is 5.78 Å². The lowest BCUT2D eigenvalue weighted by molar-refractivity contribution is 0.0963. The largest absolute Gasteiger partial charge is 0.497 e. The third kappa shape index (κ3) is 2.87. The number of hydrogen-bond acceptors (Lipinski definition) is 3. The molecule has 1 aliphatic carbocycles. The Morgan fingerprint density at radius 2 is 1.77 bits per heavy atom. The minimum Gasteiger partial charge on any atom is -0.497 e. The molecule has 1 aromatic heterocycles. The van der Waals surface area contributed by atoms with Crippen LogP contribution in [0.1, 0.15) is 34.0 Å². The van der Waals surface area contributed by atoms with Crippen LogP contribution in [-0.2, 0) is 6.42 Å². The summed E-state index contributed by atoms with van der Waals surface area (Å²) < 4.78 is 34.0. The van der Waals surface area contributed by atoms with Crippen molar-refractivity contribution < 1.29 is 18.3 Å². The Kier molecular flexibility index (Phi) is 4.03. The van der Waals surface area contributed by atoms with Crippen molar-refractivity contribution in [3.63, 3.8) is 0 Å². The number of carbonyl (C=O) groups is 1. The summed E-state index contributed by atoms with van der Waals surface area (Å²) in [4.78, 5) is 12.5. The summed E-state index contributed by atoms with van der Waals surface area (Å²) in [5.41, 5.74) is 2.60. The molecule has 0 amide bonds. The highest BCUT2D eigenvalue weighted by molar-refractivity contribution is 5.98. The fourth-order valence-electron chi connectivity index (χ4n) is 3.43. The maximum absolute atomic E-state index is 13.6. The predicted molar refractivity (Wildman–Crippen MR) is 91.9 cm³/mol. The van der Waals surface area contributed by atoms with Gasteiger partial charge in [0.2, 0.25) is 0 Å². The Morgan fingerprint density at radius 1 is 1.08 bits per heavy atom. The summed E-state index contributed by atoms with van der Waals surface area (Å²) in [6.45, 7) is 0. The SMILES string of the molecule is COc1ccc(-n2ncc3c2CC(c2cc(F)cc(F)c2)CC3=O)cc1. The molecule has 1 aliphatic rings. The van der Waals surface area contributed by atoms with Gasteiger partial charge < -0.3 is 4.74 Å². The number of ketones is 1. The fourth-order valence-corrected chi connectivity index (χ4v) is 3.43. The van der Waals surface area contributed by atoms with E-state index in [1.54, 1.807) is 18.0 Å². The maximum Gasteiger partial charge on any atom is 0.166 e. The molecule has 4 nitrogen and oxygen atoms in total. The summed E-state index contributed by atoms with van der Waals surface area (Å²) in [6.07, 6.45) is 2.25. The van der Waals surface area contributed by atoms with E-state index in [0.29, 0.717) is 17.5 Å². The summed E-state index contributed by atoms with van der Waals surface area (Å²) in [5.74, 6) is -0.905. The maximum atomic E-state index is 13.6. The van der Waals surface area contributed by atoms with Crippen LogP contribution in [0.25, 0.3) is 5.69 Å². The molecule has 0 bridgehead atoms. The van der Waals surface area contributed by atoms with E-state index in [0.717, 1.165) is 23.2 Å². The molecule has 6 heteroatoms. The van der Waals surface area contributed by atoms with E-state index in [9.17, 15) is 13.6 Å². The fraction of sp³-hybridized carbons (Fsp3) is 0.200. The number of fused-ring (bicyclic) bond motifs is 1. The number of halogens is 2. The molecule has 0 saturated heterocycles. The molecular formula is C20H16F2N2O2. The van der Waals surface area contributed by atoms with Crippen LogP contribution in [-0.4, -0.2) is 22.7 Å². The van der Waals surface area contributed by atoms with Gasteiger partial charge in [-0.25, -0.2) is 13.5 Å². The van der Waals surface area contributed by atoms with Crippen LogP contribution in [0.5, 0.6) is 5.75 Å². The van der Waals surface area contributed by atoms with E-state index in [1.165, 1.54) is 12.1 Å². The van der Waals surface area contributed by atoms with E-state index in [1.807, 2.05) is 24.3 Å². The summed E-state index contributed by atoms with van der Waals surface area (Å²) >= 11 is 0. The third-order valence-corrected chi connectivity index (χ3v) is 4.71. The molecule has 0 fully saturated rings. The Hall–Kier alpha value is -3.02. The average molecular weight is 354 g/mol. The summed E-state index contributed by atoms with van der Waals surface area (Å²) in [7, 11) is 1.59. The first-order valence-electron chi connectivity index (χ1n) is 8.25. The molecule has 2 aromatic carbocycles. The van der Waals surface area contributed by atoms with Crippen LogP contribution in [0, 0.1) is 11.6 Å². The number of rotatable bonds is 3. The van der Waals surface area contributed by atoms with Crippen LogP contribution in [0.4, 0.5) is 8.78 Å². The van der Waals surface area contributed by atoms with Crippen molar-refractivity contribution in [3.05, 3.63) is 77.1 Å². The zero-order valence-electron chi connectivity index (χ0n) is 14.1. The highest BCUT2D eigenvalue weighted by atomic mass is 19.1. The Bertz CT molecular complexity index is 960. The van der Waals surface area contributed by atoms with Gasteiger partial charge in [0.05, 0.1) is 30.3 Å². The van der Waals surface area contributed by atoms with Gasteiger partial charge in [-0.2, -0.15) is 5.10 Å². The van der Waals surface area contributed by atoms with Gasteiger partial charge in [-0.1, -0.05) is 0 Å². The van der Waals surface area contributed by atoms with Crippen molar-refractivity contribution in [1.29, 1.82) is 0 Å². The van der Waals surface area contributed by atoms with E-state index < -0.39 is 11.6 Å². The normalized spacial score (nSPS) is 16.4. The van der Waals surface area contributed by atoms with Gasteiger partial charge in [-0.05, 0) is 54.3 Å². The lowest BCUT2D eigenvalue weighted by atomic mass is 9.82. The first-order valence-corrected chi connectivity index (χ1v) is 8.25. The average Bonchev–Trinajstić information content (AvgIpc) is 3.05. The van der Waals surface area contributed by atoms with Crippen molar-refractivity contribution in [3.8, 4) is 11.4 Å². The second-order valence-electron chi connectivity index (χ2n) is 6.35. The molecule has 1 heterocycles. The zero-order chi connectivity index (χ0) is 18.3. The minimum absolute atomic E-state index is 0.0688. The second-order valence-corrected chi connectivity index (χ2v) is 6.35. The quantitative estimate of drug-likeness (QED) is 0.712. The molecule has 132 valence electrons. The van der Waals surface area contributed by atoms with Gasteiger partial charge >= 0.3 is 0 Å². The number of ether oxygens (including phenoxy) is 1. The first-order chi connectivity index (χ1) is 12.5. The predicted octanol–water partition coefficient (Wildman–Crippen LogP) is 4.07. The lowest BCUT2D eigenvalue weighted by Crippen LogP contribution is -2.20. The lowest BCUT2D eigenvalue weighted by Gasteiger charge is -2.23. The monoisotopic (exact) mass is 354 g/mol. The molecule has 26 heavy (non-hydrogen) atoms. The highest BCUT2D eigenvalue weighted by Gasteiger charge is 2.30. The smallest absolute Gasteiger partial charge is 0.166 e. The van der Waals surface area contributed by atoms with Crippen molar-refractivity contribution in [2.45, 2.75) is 18.8 Å². The van der Waals surface area contributed by atoms with Crippen LogP contribution < -0.4 is 4.74 Å². The van der Waals surface area contributed by atoms with Crippen LogP contribution in [0.15, 0.2) is 48.7 Å². The number of carbonyl (C=O) groups excluding carboxylic acids is 1. The summed E-state index contributed by atoms with van der Waals surface area (Å²) in [5, 5.41) is 4.34. The van der Waals surface area contributed by atoms with Crippen molar-refractivity contribution in [2.75, 3.05) is 7.11 Å². The van der Waals surface area contributed by atoms with Gasteiger partial charge in [0.25, 0.3) is 0 Å². The Labute approximate surface area is 149 Å². The van der Waals surface area contributed by atoms with Crippen molar-refractivity contribution in [1.82, 2.24) is 9.78 Å². The molecule has 0 N–H and O–H groups in total. The van der Waals surface area contributed by atoms with Gasteiger partial charge in [0, 0.05) is 12.5 Å². The van der Waals surface area contributed by atoms with E-state index in [2.05, 4.69) is 5.10 Å². The van der Waals surface area contributed by atoms with Crippen LogP contribution >= 0.6 is 0 Å². The molecule has 0 aliphatic heterocycles. The summed E-state index contributed by atoms with van der Waals surface area (Å²) in [6, 6.07) is 10.7. The molecule has 3 aromatic rings. The molecule has 1 atom stereocenters. The molecule has 0 saturated carbocycles. The molecular weight excluding hydrogens is 338 g/mol. The minimum atomic E-state index is -0.637. The van der Waals surface area contributed by atoms with E-state index in [-0.39, 0.29) is 18.1 Å². The first kappa shape index (κ1) is 16.4. The second kappa shape index (κ2) is 6.37.